The van der Waals surface area contributed by atoms with E-state index in [1.807, 2.05) is 105 Å². The molecule has 16 heteroatoms. The molecule has 5 aromatic rings. The summed E-state index contributed by atoms with van der Waals surface area (Å²) in [7, 11) is -2.12. The summed E-state index contributed by atoms with van der Waals surface area (Å²) in [5.74, 6) is 0. The molecule has 0 fully saturated rings. The van der Waals surface area contributed by atoms with Crippen molar-refractivity contribution in [2.24, 2.45) is 0 Å². The van der Waals surface area contributed by atoms with Crippen LogP contribution in [0.1, 0.15) is 43.5 Å². The van der Waals surface area contributed by atoms with Crippen molar-refractivity contribution >= 4 is 63.8 Å². The molecule has 0 saturated heterocycles. The number of hydrogen-bond acceptors (Lipinski definition) is 4. The van der Waals surface area contributed by atoms with Gasteiger partial charge in [0, 0.05) is 27.4 Å². The maximum Gasteiger partial charge on any atom is 0.285 e. The van der Waals surface area contributed by atoms with E-state index in [1.165, 1.54) is 24.3 Å². The molecule has 0 unspecified atom stereocenters. The summed E-state index contributed by atoms with van der Waals surface area (Å²) in [5.41, 5.74) is 0.0375. The molecule has 0 bridgehead atoms. The van der Waals surface area contributed by atoms with E-state index in [-0.39, 0.29) is 22.3 Å². The van der Waals surface area contributed by atoms with Crippen LogP contribution in [0, 0.1) is 23.3 Å². The number of hydrogen-bond donors (Lipinski definition) is 1. The molecule has 339 valence electrons. The molecule has 0 heterocycles. The average molecular weight is 1230 g/mol. The molecule has 1 N–H and O–H groups in total. The van der Waals surface area contributed by atoms with Gasteiger partial charge in [-0.1, -0.05) is 98.4 Å². The Morgan fingerprint density at radius 1 is 0.574 bits per heavy atom. The van der Waals surface area contributed by atoms with Crippen molar-refractivity contribution in [3.63, 3.8) is 0 Å². The van der Waals surface area contributed by atoms with E-state index < -0.39 is 41.0 Å². The Balaban J connectivity index is -0.000000737. The first-order valence-electron chi connectivity index (χ1n) is 17.2. The van der Waals surface area contributed by atoms with E-state index in [1.54, 1.807) is 33.4 Å². The van der Waals surface area contributed by atoms with Gasteiger partial charge < -0.3 is 33.9 Å². The molecule has 0 spiro atoms. The summed E-state index contributed by atoms with van der Waals surface area (Å²) >= 11 is 11.7. The van der Waals surface area contributed by atoms with E-state index in [9.17, 15) is 31.1 Å². The standard InChI is InChI=1S/C18H16OSi.2C8H4F3.C4H10O2.C4H10O.CH4.2CH3.3BrH.2Mo/c19-20(16-10-4-1-5-11-16,17-12-6-2-7-13-17)18-14-8-3-9-15-18;2*1-6-2-4-7(5-3-6)8(9,10)11;1-5-3-4-6-2;1-3-5-4-2;;;;;;;;/h1-15,19H;2*2-5H;3-4H2,1-2H3;3-4H2,1-2H3;1H4;2*1H3;3*1H;;/q;;;;;;2*-1;;;;;+3/p-3. The van der Waals surface area contributed by atoms with Crippen molar-refractivity contribution in [1.29, 1.82) is 0 Å². The Bertz CT molecular complexity index is 1900. The molecule has 5 aromatic carbocycles. The van der Waals surface area contributed by atoms with E-state index in [0.717, 1.165) is 53.0 Å². The first kappa shape index (κ1) is 63.4. The number of alkyl halides is 6. The van der Waals surface area contributed by atoms with Gasteiger partial charge in [0.05, 0.1) is 13.2 Å². The van der Waals surface area contributed by atoms with Gasteiger partial charge in [-0.25, -0.2) is 0 Å². The predicted molar refractivity (Wildman–Crippen MR) is 247 cm³/mol. The largest absolute Gasteiger partial charge is 0.421 e. The number of rotatable bonds is 8. The van der Waals surface area contributed by atoms with Gasteiger partial charge in [0.25, 0.3) is 8.32 Å². The van der Waals surface area contributed by atoms with Crippen LogP contribution in [0.4, 0.5) is 26.3 Å². The molecule has 5 rings (SSSR count). The van der Waals surface area contributed by atoms with Gasteiger partial charge >= 0.3 is 186 Å². The summed E-state index contributed by atoms with van der Waals surface area (Å²) in [6, 6.07) is 39.7. The summed E-state index contributed by atoms with van der Waals surface area (Å²) in [4.78, 5) is 11.6. The minimum atomic E-state index is -4.28. The van der Waals surface area contributed by atoms with Crippen molar-refractivity contribution in [3.05, 3.63) is 177 Å². The second-order valence-electron chi connectivity index (χ2n) is 11.3. The van der Waals surface area contributed by atoms with Crippen LogP contribution in [0.25, 0.3) is 0 Å². The van der Waals surface area contributed by atoms with Crippen molar-refractivity contribution in [3.8, 4) is 8.40 Å². The number of halogens is 9. The molecule has 61 heavy (non-hydrogen) atoms. The third kappa shape index (κ3) is 25.9. The molecule has 4 nitrogen and oxygen atoms in total. The maximum absolute atomic E-state index is 12.2. The zero-order valence-corrected chi connectivity index (χ0v) is 43.8. The van der Waals surface area contributed by atoms with Gasteiger partial charge in [-0.2, -0.15) is 0 Å². The van der Waals surface area contributed by atoms with Crippen molar-refractivity contribution in [2.75, 3.05) is 40.6 Å². The van der Waals surface area contributed by atoms with Gasteiger partial charge in [0.2, 0.25) is 0 Å². The van der Waals surface area contributed by atoms with Gasteiger partial charge in [0.15, 0.2) is 0 Å². The first-order chi connectivity index (χ1) is 27.4. The van der Waals surface area contributed by atoms with E-state index >= 15 is 0 Å². The van der Waals surface area contributed by atoms with Crippen LogP contribution >= 0.6 is 39.9 Å². The Kier molecular flexibility index (Phi) is 34.9. The molecular weight excluding hydrogens is 1180 g/mol. The quantitative estimate of drug-likeness (QED) is 0.0553. The van der Waals surface area contributed by atoms with E-state index in [4.69, 9.17) is 4.74 Å². The normalized spacial score (nSPS) is 10.4. The molecule has 0 atom stereocenters. The average Bonchev–Trinajstić information content (AvgIpc) is 3.21. The van der Waals surface area contributed by atoms with E-state index in [2.05, 4.69) is 57.8 Å². The molecular formula is C45H54Br3F6Mo2O4Si-2. The maximum atomic E-state index is 12.2. The predicted octanol–water partition coefficient (Wildman–Crippen LogP) is 12.2. The Morgan fingerprint density at radius 2 is 0.869 bits per heavy atom. The van der Waals surface area contributed by atoms with E-state index in [0.29, 0.717) is 24.3 Å². The number of methoxy groups -OCH3 is 2. The zero-order valence-electron chi connectivity index (χ0n) is 34.0. The summed E-state index contributed by atoms with van der Waals surface area (Å²) in [6.07, 6.45) is -8.53. The topological polar surface area (TPSA) is 47.9 Å². The molecule has 0 amide bonds. The Morgan fingerprint density at radius 3 is 1.08 bits per heavy atom. The number of ether oxygens (including phenoxy) is 3. The third-order valence-electron chi connectivity index (χ3n) is 7.25. The monoisotopic (exact) mass is 1230 g/mol. The molecule has 0 radical (unpaired) electrons. The van der Waals surface area contributed by atoms with Crippen LogP contribution in [-0.2, 0) is 54.9 Å². The van der Waals surface area contributed by atoms with Crippen LogP contribution in [0.15, 0.2) is 140 Å². The zero-order chi connectivity index (χ0) is 43.7. The van der Waals surface area contributed by atoms with Crippen LogP contribution in [0.3, 0.4) is 0 Å². The summed E-state index contributed by atoms with van der Waals surface area (Å²) in [5, 5.41) is 3.03. The van der Waals surface area contributed by atoms with Crippen molar-refractivity contribution < 1.29 is 73.7 Å². The second kappa shape index (κ2) is 33.6. The second-order valence-corrected chi connectivity index (χ2v) is 50.1. The van der Waals surface area contributed by atoms with Crippen LogP contribution in [0.2, 0.25) is 0 Å². The van der Waals surface area contributed by atoms with Gasteiger partial charge in [0.1, 0.15) is 0 Å². The molecule has 0 aliphatic carbocycles. The summed E-state index contributed by atoms with van der Waals surface area (Å²) in [6.45, 7) is 7.05. The Labute approximate surface area is 393 Å². The molecule has 0 aliphatic rings. The third-order valence-corrected chi connectivity index (χ3v) is 15.4. The fraction of sp³-hybridized carbons (Fsp3) is 0.244. The van der Waals surface area contributed by atoms with Crippen molar-refractivity contribution in [1.82, 2.24) is 0 Å². The molecule has 0 aliphatic heterocycles. The minimum Gasteiger partial charge on any atom is -0.421 e. The van der Waals surface area contributed by atoms with Crippen LogP contribution < -0.4 is 15.6 Å². The van der Waals surface area contributed by atoms with Gasteiger partial charge in [-0.05, 0) is 29.4 Å². The fourth-order valence-corrected chi connectivity index (χ4v) is 12.2. The Hall–Kier alpha value is -1.89. The smallest absolute Gasteiger partial charge is 0.285 e. The fourth-order valence-electron chi connectivity index (χ4n) is 4.50. The van der Waals surface area contributed by atoms with Crippen LogP contribution in [0.5, 0.6) is 0 Å². The molecule has 0 saturated carbocycles. The SMILES string of the molecule is C.CCOCC.COCCOC.FC(F)(F)c1ccc([C]#[Mo]([Br])([Br])[Br])cc1.FC(F)(F)c1ccc([C]#[Mo])cc1.O[Si](c1ccccc1)(c1ccccc1)c1ccccc1.[CH3-].[CH3-]. The summed E-state index contributed by atoms with van der Waals surface area (Å²) < 4.78 is 92.6. The van der Waals surface area contributed by atoms with Gasteiger partial charge in [-0.3, -0.25) is 0 Å². The first-order valence-corrected chi connectivity index (χ1v) is 35.0. The van der Waals surface area contributed by atoms with Crippen molar-refractivity contribution in [2.45, 2.75) is 33.6 Å². The van der Waals surface area contributed by atoms with Crippen LogP contribution in [-0.4, -0.2) is 53.8 Å². The molecule has 0 aromatic heterocycles. The van der Waals surface area contributed by atoms with Gasteiger partial charge in [-0.15, -0.1) is 0 Å². The number of benzene rings is 5. The minimum absolute atomic E-state index is 0.